The van der Waals surface area contributed by atoms with Crippen molar-refractivity contribution in [1.29, 1.82) is 0 Å². The fraction of sp³-hybridized carbons (Fsp3) is 0.333. The number of aliphatic hydroxyl groups is 1. The van der Waals surface area contributed by atoms with Gasteiger partial charge in [0.15, 0.2) is 6.29 Å². The van der Waals surface area contributed by atoms with Crippen molar-refractivity contribution < 1.29 is 14.6 Å². The van der Waals surface area contributed by atoms with Gasteiger partial charge >= 0.3 is 0 Å². The first-order valence-electron chi connectivity index (χ1n) is 9.49. The lowest BCUT2D eigenvalue weighted by Gasteiger charge is -2.19. The minimum Gasteiger partial charge on any atom is -0.495 e. The number of hydrogen-bond donors (Lipinski definition) is 3. The Labute approximate surface area is 177 Å². The number of aryl methyl sites for hydroxylation is 2. The van der Waals surface area contributed by atoms with Crippen molar-refractivity contribution >= 4 is 27.6 Å². The summed E-state index contributed by atoms with van der Waals surface area (Å²) >= 11 is 3.45. The van der Waals surface area contributed by atoms with Gasteiger partial charge in [0.25, 0.3) is 0 Å². The van der Waals surface area contributed by atoms with Gasteiger partial charge < -0.3 is 24.9 Å². The minimum atomic E-state index is -0.937. The van der Waals surface area contributed by atoms with Crippen LogP contribution in [-0.2, 0) is 17.6 Å². The molecule has 0 saturated heterocycles. The highest BCUT2D eigenvalue weighted by molar-refractivity contribution is 9.10. The molecule has 0 aliphatic heterocycles. The number of hydrogen-bond acceptors (Lipinski definition) is 6. The van der Waals surface area contributed by atoms with Gasteiger partial charge in [-0.15, -0.1) is 0 Å². The lowest BCUT2D eigenvalue weighted by molar-refractivity contribution is -0.0987. The number of anilines is 2. The van der Waals surface area contributed by atoms with Crippen LogP contribution >= 0.6 is 15.9 Å². The number of benzene rings is 1. The van der Waals surface area contributed by atoms with Crippen LogP contribution in [0.15, 0.2) is 28.9 Å². The first kappa shape index (κ1) is 19.9. The van der Waals surface area contributed by atoms with E-state index in [1.54, 1.807) is 7.11 Å². The van der Waals surface area contributed by atoms with Crippen molar-refractivity contribution in [2.75, 3.05) is 19.0 Å². The molecule has 4 rings (SSSR count). The van der Waals surface area contributed by atoms with Gasteiger partial charge in [-0.1, -0.05) is 15.9 Å². The first-order valence-corrected chi connectivity index (χ1v) is 10.3. The van der Waals surface area contributed by atoms with Gasteiger partial charge in [0.2, 0.25) is 5.95 Å². The SMILES string of the molecule is CCOC(O)c1c(C)[nH]c2c1CCc1cnc(Nc3ccc(Br)cc3OC)nc1-2. The number of halogens is 1. The van der Waals surface area contributed by atoms with Crippen LogP contribution in [0.4, 0.5) is 11.6 Å². The van der Waals surface area contributed by atoms with E-state index in [2.05, 4.69) is 31.2 Å². The number of methoxy groups -OCH3 is 1. The summed E-state index contributed by atoms with van der Waals surface area (Å²) < 4.78 is 11.8. The molecule has 1 unspecified atom stereocenters. The van der Waals surface area contributed by atoms with Crippen molar-refractivity contribution in [2.24, 2.45) is 0 Å². The second-order valence-corrected chi connectivity index (χ2v) is 7.78. The third kappa shape index (κ3) is 3.75. The average Bonchev–Trinajstić information content (AvgIpc) is 3.06. The molecule has 152 valence electrons. The van der Waals surface area contributed by atoms with Crippen LogP contribution in [0.5, 0.6) is 5.75 Å². The van der Waals surface area contributed by atoms with E-state index in [0.717, 1.165) is 56.8 Å². The molecule has 0 amide bonds. The van der Waals surface area contributed by atoms with E-state index in [4.69, 9.17) is 14.5 Å². The zero-order valence-electron chi connectivity index (χ0n) is 16.5. The zero-order valence-corrected chi connectivity index (χ0v) is 18.1. The van der Waals surface area contributed by atoms with Crippen LogP contribution in [0.2, 0.25) is 0 Å². The number of aromatic nitrogens is 3. The van der Waals surface area contributed by atoms with Crippen molar-refractivity contribution in [3.63, 3.8) is 0 Å². The van der Waals surface area contributed by atoms with E-state index in [0.29, 0.717) is 18.3 Å². The van der Waals surface area contributed by atoms with Crippen molar-refractivity contribution in [3.8, 4) is 17.1 Å². The predicted octanol–water partition coefficient (Wildman–Crippen LogP) is 4.42. The number of aliphatic hydroxyl groups excluding tert-OH is 1. The maximum absolute atomic E-state index is 10.4. The van der Waals surface area contributed by atoms with Crippen molar-refractivity contribution in [1.82, 2.24) is 15.0 Å². The summed E-state index contributed by atoms with van der Waals surface area (Å²) in [6.07, 6.45) is 2.54. The van der Waals surface area contributed by atoms with Gasteiger partial charge in [0.1, 0.15) is 5.75 Å². The van der Waals surface area contributed by atoms with E-state index < -0.39 is 6.29 Å². The largest absolute Gasteiger partial charge is 0.495 e. The highest BCUT2D eigenvalue weighted by Crippen LogP contribution is 2.38. The van der Waals surface area contributed by atoms with E-state index >= 15 is 0 Å². The lowest BCUT2D eigenvalue weighted by atomic mass is 9.92. The van der Waals surface area contributed by atoms with E-state index in [-0.39, 0.29) is 0 Å². The maximum atomic E-state index is 10.4. The normalized spacial score (nSPS) is 13.6. The summed E-state index contributed by atoms with van der Waals surface area (Å²) in [5, 5.41) is 13.7. The van der Waals surface area contributed by atoms with E-state index in [1.165, 1.54) is 0 Å². The van der Waals surface area contributed by atoms with Gasteiger partial charge in [-0.25, -0.2) is 9.97 Å². The van der Waals surface area contributed by atoms with Crippen LogP contribution in [-0.4, -0.2) is 33.8 Å². The summed E-state index contributed by atoms with van der Waals surface area (Å²) in [5.74, 6) is 1.18. The number of aromatic amines is 1. The van der Waals surface area contributed by atoms with Gasteiger partial charge in [0, 0.05) is 28.5 Å². The summed E-state index contributed by atoms with van der Waals surface area (Å²) in [7, 11) is 1.62. The zero-order chi connectivity index (χ0) is 20.5. The number of ether oxygens (including phenoxy) is 2. The van der Waals surface area contributed by atoms with Crippen LogP contribution < -0.4 is 10.1 Å². The topological polar surface area (TPSA) is 92.3 Å². The second kappa shape index (κ2) is 8.14. The Morgan fingerprint density at radius 1 is 1.34 bits per heavy atom. The highest BCUT2D eigenvalue weighted by Gasteiger charge is 2.28. The van der Waals surface area contributed by atoms with Crippen LogP contribution in [0.3, 0.4) is 0 Å². The molecule has 0 bridgehead atoms. The molecule has 7 nitrogen and oxygen atoms in total. The Morgan fingerprint density at radius 3 is 2.93 bits per heavy atom. The van der Waals surface area contributed by atoms with Crippen molar-refractivity contribution in [3.05, 3.63) is 51.3 Å². The molecule has 2 aromatic heterocycles. The molecule has 3 N–H and O–H groups in total. The first-order chi connectivity index (χ1) is 14.0. The molecule has 8 heteroatoms. The third-order valence-electron chi connectivity index (χ3n) is 5.07. The molecule has 1 aromatic carbocycles. The maximum Gasteiger partial charge on any atom is 0.227 e. The summed E-state index contributed by atoms with van der Waals surface area (Å²) in [4.78, 5) is 12.6. The molecule has 0 radical (unpaired) electrons. The lowest BCUT2D eigenvalue weighted by Crippen LogP contribution is -2.11. The monoisotopic (exact) mass is 458 g/mol. The predicted molar refractivity (Wildman–Crippen MR) is 115 cm³/mol. The number of nitrogens with one attached hydrogen (secondary N) is 2. The molecule has 1 aliphatic carbocycles. The standard InChI is InChI=1S/C21H23BrN4O3/c1-4-29-20(27)17-11(2)24-19-14(17)7-5-12-10-23-21(26-18(12)19)25-15-8-6-13(22)9-16(15)28-3/h6,8-10,20,24,27H,4-5,7H2,1-3H3,(H,23,25,26). The van der Waals surface area contributed by atoms with E-state index in [1.807, 2.05) is 38.2 Å². The van der Waals surface area contributed by atoms with Crippen LogP contribution in [0.25, 0.3) is 11.4 Å². The van der Waals surface area contributed by atoms with Crippen LogP contribution in [0, 0.1) is 6.92 Å². The Morgan fingerprint density at radius 2 is 2.17 bits per heavy atom. The smallest absolute Gasteiger partial charge is 0.227 e. The highest BCUT2D eigenvalue weighted by atomic mass is 79.9. The second-order valence-electron chi connectivity index (χ2n) is 6.86. The van der Waals surface area contributed by atoms with Gasteiger partial charge in [-0.3, -0.25) is 0 Å². The number of H-pyrrole nitrogens is 1. The Hall–Kier alpha value is -2.42. The third-order valence-corrected chi connectivity index (χ3v) is 5.56. The molecule has 0 spiro atoms. The minimum absolute atomic E-state index is 0.447. The molecule has 0 saturated carbocycles. The molecule has 1 atom stereocenters. The number of fused-ring (bicyclic) bond motifs is 3. The summed E-state index contributed by atoms with van der Waals surface area (Å²) in [6.45, 7) is 4.26. The van der Waals surface area contributed by atoms with Gasteiger partial charge in [0.05, 0.1) is 24.2 Å². The fourth-order valence-corrected chi connectivity index (χ4v) is 4.08. The Kier molecular flexibility index (Phi) is 5.58. The Bertz CT molecular complexity index is 1050. The molecule has 1 aliphatic rings. The fourth-order valence-electron chi connectivity index (χ4n) is 3.74. The molecule has 29 heavy (non-hydrogen) atoms. The molecule has 2 heterocycles. The molecule has 0 fully saturated rings. The van der Waals surface area contributed by atoms with E-state index in [9.17, 15) is 5.11 Å². The molecular formula is C21H23BrN4O3. The van der Waals surface area contributed by atoms with Gasteiger partial charge in [-0.05, 0) is 56.0 Å². The summed E-state index contributed by atoms with van der Waals surface area (Å²) in [5.41, 5.74) is 6.39. The van der Waals surface area contributed by atoms with Crippen LogP contribution in [0.1, 0.15) is 35.6 Å². The Balaban J connectivity index is 1.71. The summed E-state index contributed by atoms with van der Waals surface area (Å²) in [6, 6.07) is 5.72. The molecular weight excluding hydrogens is 436 g/mol. The van der Waals surface area contributed by atoms with Crippen molar-refractivity contribution in [2.45, 2.75) is 33.0 Å². The average molecular weight is 459 g/mol. The van der Waals surface area contributed by atoms with Gasteiger partial charge in [-0.2, -0.15) is 0 Å². The quantitative estimate of drug-likeness (QED) is 0.473. The molecule has 3 aromatic rings. The number of nitrogens with zero attached hydrogens (tertiary/aromatic N) is 2. The number of rotatable bonds is 6.